The zero-order valence-electron chi connectivity index (χ0n) is 12.8. The summed E-state index contributed by atoms with van der Waals surface area (Å²) in [6, 6.07) is 2.71. The summed E-state index contributed by atoms with van der Waals surface area (Å²) in [5.74, 6) is -1.17. The quantitative estimate of drug-likeness (QED) is 0.856. The van der Waals surface area contributed by atoms with E-state index in [2.05, 4.69) is 0 Å². The molecular weight excluding hydrogens is 294 g/mol. The van der Waals surface area contributed by atoms with Gasteiger partial charge in [-0.25, -0.2) is 13.2 Å². The molecule has 1 rings (SSSR count). The minimum absolute atomic E-state index is 0.0455. The Hall–Kier alpha value is -1.44. The van der Waals surface area contributed by atoms with Gasteiger partial charge in [0.05, 0.1) is 16.1 Å². The topological polar surface area (TPSA) is 94.9 Å². The van der Waals surface area contributed by atoms with E-state index in [0.29, 0.717) is 11.1 Å². The van der Waals surface area contributed by atoms with Crippen LogP contribution < -0.4 is 0 Å². The van der Waals surface area contributed by atoms with E-state index in [1.54, 1.807) is 13.8 Å². The third-order valence-corrected chi connectivity index (χ3v) is 5.00. The fourth-order valence-electron chi connectivity index (χ4n) is 2.14. The summed E-state index contributed by atoms with van der Waals surface area (Å²) in [5.41, 5.74) is -0.254. The van der Waals surface area contributed by atoms with E-state index < -0.39 is 21.6 Å². The highest BCUT2D eigenvalue weighted by molar-refractivity contribution is 7.89. The monoisotopic (exact) mass is 315 g/mol. The molecule has 0 fully saturated rings. The predicted molar refractivity (Wildman–Crippen MR) is 79.0 cm³/mol. The van der Waals surface area contributed by atoms with Crippen molar-refractivity contribution in [3.8, 4) is 0 Å². The number of hydrogen-bond donors (Lipinski definition) is 2. The molecule has 0 aliphatic rings. The molecule has 0 amide bonds. The van der Waals surface area contributed by atoms with Crippen LogP contribution in [0.15, 0.2) is 17.0 Å². The number of carbonyl (C=O) groups is 1. The minimum atomic E-state index is -3.87. The molecule has 21 heavy (non-hydrogen) atoms. The summed E-state index contributed by atoms with van der Waals surface area (Å²) in [6.07, 6.45) is 0. The second kappa shape index (κ2) is 5.75. The lowest BCUT2D eigenvalue weighted by molar-refractivity contribution is 0.0638. The smallest absolute Gasteiger partial charge is 0.335 e. The Morgan fingerprint density at radius 1 is 1.24 bits per heavy atom. The number of nitrogens with zero attached hydrogens (tertiary/aromatic N) is 1. The first kappa shape index (κ1) is 17.6. The van der Waals surface area contributed by atoms with Gasteiger partial charge < -0.3 is 10.2 Å². The van der Waals surface area contributed by atoms with E-state index in [-0.39, 0.29) is 17.0 Å². The van der Waals surface area contributed by atoms with E-state index in [1.807, 2.05) is 0 Å². The Kier molecular flexibility index (Phi) is 4.82. The molecule has 0 spiro atoms. The number of carboxylic acids is 1. The zero-order chi connectivity index (χ0) is 16.6. The second-order valence-corrected chi connectivity index (χ2v) is 7.82. The third kappa shape index (κ3) is 4.03. The van der Waals surface area contributed by atoms with Gasteiger partial charge in [0.15, 0.2) is 0 Å². The molecule has 0 radical (unpaired) electrons. The van der Waals surface area contributed by atoms with E-state index >= 15 is 0 Å². The molecule has 0 aromatic heterocycles. The van der Waals surface area contributed by atoms with Gasteiger partial charge in [0, 0.05) is 13.6 Å². The summed E-state index contributed by atoms with van der Waals surface area (Å²) in [4.78, 5) is 11.1. The second-order valence-electron chi connectivity index (χ2n) is 5.81. The molecule has 0 aliphatic heterocycles. The number of benzene rings is 1. The Morgan fingerprint density at radius 3 is 2.19 bits per heavy atom. The van der Waals surface area contributed by atoms with Crippen molar-refractivity contribution in [2.24, 2.45) is 0 Å². The van der Waals surface area contributed by atoms with Crippen LogP contribution in [0.4, 0.5) is 0 Å². The normalized spacial score (nSPS) is 12.7. The fourth-order valence-corrected chi connectivity index (χ4v) is 3.69. The highest BCUT2D eigenvalue weighted by Gasteiger charge is 2.28. The van der Waals surface area contributed by atoms with Crippen molar-refractivity contribution < 1.29 is 23.4 Å². The lowest BCUT2D eigenvalue weighted by Gasteiger charge is -2.26. The van der Waals surface area contributed by atoms with Crippen LogP contribution in [0.5, 0.6) is 0 Å². The van der Waals surface area contributed by atoms with Gasteiger partial charge >= 0.3 is 5.97 Å². The summed E-state index contributed by atoms with van der Waals surface area (Å²) in [5, 5.41) is 18.9. The van der Waals surface area contributed by atoms with Crippen LogP contribution in [0.25, 0.3) is 0 Å². The molecule has 6 nitrogen and oxygen atoms in total. The minimum Gasteiger partial charge on any atom is -0.478 e. The molecule has 1 aromatic rings. The molecule has 0 bridgehead atoms. The van der Waals surface area contributed by atoms with E-state index in [0.717, 1.165) is 4.31 Å². The molecule has 0 atom stereocenters. The maximum absolute atomic E-state index is 12.5. The zero-order valence-corrected chi connectivity index (χ0v) is 13.7. The standard InChI is InChI=1S/C14H21NO5S/c1-9-6-10(2)12(7-11(9)13(16)17)21(19,20)15(5)8-14(3,4)18/h6-7,18H,8H2,1-5H3,(H,16,17). The van der Waals surface area contributed by atoms with E-state index in [1.165, 1.54) is 33.0 Å². The average molecular weight is 315 g/mol. The van der Waals surface area contributed by atoms with E-state index in [9.17, 15) is 18.3 Å². The number of aryl methyl sites for hydroxylation is 2. The molecular formula is C14H21NO5S. The lowest BCUT2D eigenvalue weighted by atomic mass is 10.1. The Balaban J connectivity index is 3.38. The van der Waals surface area contributed by atoms with Gasteiger partial charge in [-0.3, -0.25) is 0 Å². The van der Waals surface area contributed by atoms with Gasteiger partial charge in [0.2, 0.25) is 10.0 Å². The van der Waals surface area contributed by atoms with Crippen LogP contribution in [0, 0.1) is 13.8 Å². The first-order valence-electron chi connectivity index (χ1n) is 6.39. The first-order chi connectivity index (χ1) is 9.36. The number of carboxylic acid groups (broad SMARTS) is 1. The van der Waals surface area contributed by atoms with Crippen LogP contribution in [0.2, 0.25) is 0 Å². The number of hydrogen-bond acceptors (Lipinski definition) is 4. The maximum atomic E-state index is 12.5. The molecule has 0 saturated carbocycles. The average Bonchev–Trinajstić information content (AvgIpc) is 2.25. The summed E-state index contributed by atoms with van der Waals surface area (Å²) in [7, 11) is -2.51. The SMILES string of the molecule is Cc1cc(C)c(S(=O)(=O)N(C)CC(C)(C)O)cc1C(=O)O. The molecule has 118 valence electrons. The molecule has 2 N–H and O–H groups in total. The number of aromatic carboxylic acids is 1. The first-order valence-corrected chi connectivity index (χ1v) is 7.83. The number of sulfonamides is 1. The molecule has 0 heterocycles. The predicted octanol–water partition coefficient (Wildman–Crippen LogP) is 1.39. The van der Waals surface area contributed by atoms with Crippen molar-refractivity contribution >= 4 is 16.0 Å². The molecule has 1 aromatic carbocycles. The highest BCUT2D eigenvalue weighted by Crippen LogP contribution is 2.24. The van der Waals surface area contributed by atoms with Gasteiger partial charge in [-0.15, -0.1) is 0 Å². The van der Waals surface area contributed by atoms with Crippen molar-refractivity contribution in [2.45, 2.75) is 38.2 Å². The maximum Gasteiger partial charge on any atom is 0.335 e. The Bertz CT molecular complexity index is 659. The Morgan fingerprint density at radius 2 is 1.76 bits per heavy atom. The molecule has 7 heteroatoms. The van der Waals surface area contributed by atoms with Crippen molar-refractivity contribution in [2.75, 3.05) is 13.6 Å². The van der Waals surface area contributed by atoms with Crippen molar-refractivity contribution in [3.05, 3.63) is 28.8 Å². The largest absolute Gasteiger partial charge is 0.478 e. The summed E-state index contributed by atoms with van der Waals surface area (Å²) in [6.45, 7) is 6.15. The van der Waals surface area contributed by atoms with Crippen molar-refractivity contribution in [1.29, 1.82) is 0 Å². The van der Waals surface area contributed by atoms with Crippen LogP contribution >= 0.6 is 0 Å². The van der Waals surface area contributed by atoms with Crippen LogP contribution in [-0.2, 0) is 10.0 Å². The molecule has 0 unspecified atom stereocenters. The van der Waals surface area contributed by atoms with Gasteiger partial charge in [-0.05, 0) is 44.9 Å². The van der Waals surface area contributed by atoms with Crippen LogP contribution in [0.1, 0.15) is 35.3 Å². The Labute approximate surface area is 125 Å². The van der Waals surface area contributed by atoms with Crippen molar-refractivity contribution in [3.63, 3.8) is 0 Å². The highest BCUT2D eigenvalue weighted by atomic mass is 32.2. The van der Waals surface area contributed by atoms with Crippen molar-refractivity contribution in [1.82, 2.24) is 4.31 Å². The van der Waals surface area contributed by atoms with Gasteiger partial charge in [0.1, 0.15) is 0 Å². The van der Waals surface area contributed by atoms with Gasteiger partial charge in [0.25, 0.3) is 0 Å². The number of rotatable bonds is 5. The number of aliphatic hydroxyl groups is 1. The van der Waals surface area contributed by atoms with Gasteiger partial charge in [-0.2, -0.15) is 4.31 Å². The van der Waals surface area contributed by atoms with Gasteiger partial charge in [-0.1, -0.05) is 6.07 Å². The molecule has 0 saturated heterocycles. The lowest BCUT2D eigenvalue weighted by Crippen LogP contribution is -2.39. The van der Waals surface area contributed by atoms with E-state index in [4.69, 9.17) is 5.11 Å². The van der Waals surface area contributed by atoms with Crippen LogP contribution in [0.3, 0.4) is 0 Å². The fraction of sp³-hybridized carbons (Fsp3) is 0.500. The summed E-state index contributed by atoms with van der Waals surface area (Å²) < 4.78 is 26.1. The summed E-state index contributed by atoms with van der Waals surface area (Å²) >= 11 is 0. The third-order valence-electron chi connectivity index (χ3n) is 3.05. The molecule has 0 aliphatic carbocycles. The van der Waals surface area contributed by atoms with Crippen LogP contribution in [-0.4, -0.2) is 48.1 Å². The number of likely N-dealkylation sites (N-methyl/N-ethyl adjacent to an activating group) is 1.